The van der Waals surface area contributed by atoms with Gasteiger partial charge in [0.05, 0.1) is 0 Å². The Labute approximate surface area is 135 Å². The molecule has 0 aliphatic carbocycles. The number of aromatic amines is 1. The molecule has 24 heavy (non-hydrogen) atoms. The highest BCUT2D eigenvalue weighted by molar-refractivity contribution is 5.93. The predicted molar refractivity (Wildman–Crippen MR) is 79.6 cm³/mol. The van der Waals surface area contributed by atoms with Crippen molar-refractivity contribution < 1.29 is 18.0 Å². The molecule has 0 aliphatic rings. The molecule has 6 nitrogen and oxygen atoms in total. The van der Waals surface area contributed by atoms with Gasteiger partial charge in [-0.25, -0.2) is 9.97 Å². The molecule has 0 unspecified atom stereocenters. The van der Waals surface area contributed by atoms with Crippen LogP contribution in [0.2, 0.25) is 0 Å². The first-order valence-electron chi connectivity index (χ1n) is 7.06. The van der Waals surface area contributed by atoms with Crippen LogP contribution in [0.25, 0.3) is 0 Å². The molecule has 0 bridgehead atoms. The number of nitrogens with zero attached hydrogens (tertiary/aromatic N) is 2. The van der Waals surface area contributed by atoms with E-state index in [1.807, 2.05) is 0 Å². The van der Waals surface area contributed by atoms with E-state index in [9.17, 15) is 22.8 Å². The van der Waals surface area contributed by atoms with Crippen molar-refractivity contribution in [2.24, 2.45) is 0 Å². The van der Waals surface area contributed by atoms with Crippen LogP contribution in [0.3, 0.4) is 0 Å². The number of alkyl halides is 3. The Hall–Kier alpha value is -2.71. The van der Waals surface area contributed by atoms with Crippen LogP contribution in [0.4, 0.5) is 13.2 Å². The summed E-state index contributed by atoms with van der Waals surface area (Å²) in [4.78, 5) is 33.7. The van der Waals surface area contributed by atoms with Crippen molar-refractivity contribution in [2.75, 3.05) is 6.54 Å². The van der Waals surface area contributed by atoms with E-state index in [4.69, 9.17) is 0 Å². The van der Waals surface area contributed by atoms with E-state index < -0.39 is 23.2 Å². The van der Waals surface area contributed by atoms with Crippen LogP contribution in [0.5, 0.6) is 0 Å². The third kappa shape index (κ3) is 4.40. The maximum absolute atomic E-state index is 12.7. The van der Waals surface area contributed by atoms with Crippen molar-refractivity contribution in [1.82, 2.24) is 20.3 Å². The molecule has 2 heterocycles. The molecule has 0 fully saturated rings. The SMILES string of the molecule is Cc1cc(C(F)(F)F)nc(CCNC(=O)c2c[nH]c(C)cc2=O)n1. The Bertz CT molecular complexity index is 815. The number of carbonyl (C=O) groups excluding carboxylic acids is 1. The van der Waals surface area contributed by atoms with Gasteiger partial charge in [0.2, 0.25) is 0 Å². The number of amides is 1. The second-order valence-corrected chi connectivity index (χ2v) is 5.21. The normalized spacial score (nSPS) is 11.4. The highest BCUT2D eigenvalue weighted by atomic mass is 19.4. The molecular weight excluding hydrogens is 325 g/mol. The molecule has 0 atom stereocenters. The van der Waals surface area contributed by atoms with Gasteiger partial charge in [-0.3, -0.25) is 9.59 Å². The maximum Gasteiger partial charge on any atom is 0.433 e. The monoisotopic (exact) mass is 340 g/mol. The maximum atomic E-state index is 12.7. The van der Waals surface area contributed by atoms with E-state index in [0.29, 0.717) is 5.69 Å². The number of rotatable bonds is 4. The van der Waals surface area contributed by atoms with Gasteiger partial charge in [-0.2, -0.15) is 13.2 Å². The molecule has 0 aromatic carbocycles. The summed E-state index contributed by atoms with van der Waals surface area (Å²) in [6, 6.07) is 2.14. The van der Waals surface area contributed by atoms with Crippen LogP contribution in [0.15, 0.2) is 23.1 Å². The first kappa shape index (κ1) is 17.6. The average Bonchev–Trinajstić information content (AvgIpc) is 2.45. The molecule has 0 saturated heterocycles. The zero-order valence-electron chi connectivity index (χ0n) is 13.0. The number of carbonyl (C=O) groups is 1. The molecule has 2 aromatic rings. The minimum atomic E-state index is -4.55. The van der Waals surface area contributed by atoms with Crippen molar-refractivity contribution in [3.8, 4) is 0 Å². The summed E-state index contributed by atoms with van der Waals surface area (Å²) >= 11 is 0. The van der Waals surface area contributed by atoms with Gasteiger partial charge in [-0.05, 0) is 19.9 Å². The van der Waals surface area contributed by atoms with Gasteiger partial charge >= 0.3 is 6.18 Å². The van der Waals surface area contributed by atoms with Crippen LogP contribution >= 0.6 is 0 Å². The molecule has 2 rings (SSSR count). The molecule has 9 heteroatoms. The van der Waals surface area contributed by atoms with E-state index in [0.717, 1.165) is 6.07 Å². The number of halogens is 3. The largest absolute Gasteiger partial charge is 0.433 e. The highest BCUT2D eigenvalue weighted by Crippen LogP contribution is 2.27. The summed E-state index contributed by atoms with van der Waals surface area (Å²) in [7, 11) is 0. The summed E-state index contributed by atoms with van der Waals surface area (Å²) in [6.07, 6.45) is -3.25. The average molecular weight is 340 g/mol. The van der Waals surface area contributed by atoms with Crippen molar-refractivity contribution >= 4 is 5.91 Å². The van der Waals surface area contributed by atoms with Crippen LogP contribution in [-0.4, -0.2) is 27.4 Å². The van der Waals surface area contributed by atoms with Crippen LogP contribution in [0.1, 0.15) is 33.3 Å². The Morgan fingerprint density at radius 1 is 1.25 bits per heavy atom. The lowest BCUT2D eigenvalue weighted by Crippen LogP contribution is -2.30. The molecule has 0 aliphatic heterocycles. The van der Waals surface area contributed by atoms with Crippen LogP contribution in [-0.2, 0) is 12.6 Å². The molecular formula is C15H15F3N4O2. The van der Waals surface area contributed by atoms with Gasteiger partial charge in [-0.1, -0.05) is 0 Å². The standard InChI is InChI=1S/C15H15F3N4O2/c1-8-5-11(23)10(7-20-8)14(24)19-4-3-13-21-9(2)6-12(22-13)15(16,17)18/h5-7H,3-4H2,1-2H3,(H,19,24)(H,20,23). The van der Waals surface area contributed by atoms with Crippen molar-refractivity contribution in [1.29, 1.82) is 0 Å². The summed E-state index contributed by atoms with van der Waals surface area (Å²) < 4.78 is 38.1. The zero-order valence-corrected chi connectivity index (χ0v) is 13.0. The fraction of sp³-hybridized carbons (Fsp3) is 0.333. The van der Waals surface area contributed by atoms with Gasteiger partial charge in [-0.15, -0.1) is 0 Å². The first-order chi connectivity index (χ1) is 11.2. The molecule has 2 aromatic heterocycles. The summed E-state index contributed by atoms with van der Waals surface area (Å²) in [6.45, 7) is 3.12. The Morgan fingerprint density at radius 2 is 1.96 bits per heavy atom. The Morgan fingerprint density at radius 3 is 2.58 bits per heavy atom. The van der Waals surface area contributed by atoms with Gasteiger partial charge in [0.25, 0.3) is 5.91 Å². The third-order valence-corrected chi connectivity index (χ3v) is 3.13. The Kier molecular flexibility index (Phi) is 5.01. The molecule has 0 radical (unpaired) electrons. The van der Waals surface area contributed by atoms with Gasteiger partial charge < -0.3 is 10.3 Å². The molecule has 0 saturated carbocycles. The number of aryl methyl sites for hydroxylation is 2. The van der Waals surface area contributed by atoms with E-state index in [1.54, 1.807) is 6.92 Å². The zero-order chi connectivity index (χ0) is 17.9. The fourth-order valence-corrected chi connectivity index (χ4v) is 2.02. The van der Waals surface area contributed by atoms with E-state index in [1.165, 1.54) is 19.2 Å². The molecule has 0 spiro atoms. The van der Waals surface area contributed by atoms with Crippen molar-refractivity contribution in [3.05, 3.63) is 57.0 Å². The minimum absolute atomic E-state index is 0.00685. The fourth-order valence-electron chi connectivity index (χ4n) is 2.02. The lowest BCUT2D eigenvalue weighted by Gasteiger charge is -2.09. The second kappa shape index (κ2) is 6.81. The minimum Gasteiger partial charge on any atom is -0.364 e. The number of hydrogen-bond acceptors (Lipinski definition) is 4. The lowest BCUT2D eigenvalue weighted by molar-refractivity contribution is -0.141. The third-order valence-electron chi connectivity index (χ3n) is 3.13. The van der Waals surface area contributed by atoms with Crippen LogP contribution < -0.4 is 10.7 Å². The second-order valence-electron chi connectivity index (χ2n) is 5.21. The van der Waals surface area contributed by atoms with Crippen molar-refractivity contribution in [3.63, 3.8) is 0 Å². The number of nitrogens with one attached hydrogen (secondary N) is 2. The van der Waals surface area contributed by atoms with E-state index in [-0.39, 0.29) is 30.0 Å². The lowest BCUT2D eigenvalue weighted by atomic mass is 10.2. The van der Waals surface area contributed by atoms with Crippen molar-refractivity contribution in [2.45, 2.75) is 26.4 Å². The molecule has 128 valence electrons. The number of aromatic nitrogens is 3. The summed E-state index contributed by atoms with van der Waals surface area (Å²) in [5.41, 5.74) is -0.721. The Balaban J connectivity index is 2.03. The topological polar surface area (TPSA) is 87.7 Å². The highest BCUT2D eigenvalue weighted by Gasteiger charge is 2.33. The quantitative estimate of drug-likeness (QED) is 0.888. The number of pyridine rings is 1. The smallest absolute Gasteiger partial charge is 0.364 e. The molecule has 2 N–H and O–H groups in total. The van der Waals surface area contributed by atoms with Crippen LogP contribution in [0, 0.1) is 13.8 Å². The number of H-pyrrole nitrogens is 1. The first-order valence-corrected chi connectivity index (χ1v) is 7.06. The summed E-state index contributed by atoms with van der Waals surface area (Å²) in [5, 5.41) is 2.47. The van der Waals surface area contributed by atoms with Gasteiger partial charge in [0, 0.05) is 36.6 Å². The number of hydrogen-bond donors (Lipinski definition) is 2. The van der Waals surface area contributed by atoms with Gasteiger partial charge in [0.15, 0.2) is 5.43 Å². The van der Waals surface area contributed by atoms with E-state index >= 15 is 0 Å². The molecule has 1 amide bonds. The van der Waals surface area contributed by atoms with E-state index in [2.05, 4.69) is 20.3 Å². The summed E-state index contributed by atoms with van der Waals surface area (Å²) in [5.74, 6) is -0.639. The van der Waals surface area contributed by atoms with Gasteiger partial charge in [0.1, 0.15) is 17.1 Å². The predicted octanol–water partition coefficient (Wildman–Crippen LogP) is 1.77.